The molecule has 7 nitrogen and oxygen atoms in total. The molecule has 1 aliphatic rings. The standard InChI is InChI=1S/C19H31N3O4S/c1-4-18(19(23)20-9-6-10-21-11-13-26-14-12-21)22(27(3,24)25)17-8-5-7-16(2)15-17/h5,7-8,15,18H,4,6,9-14H2,1-3H3,(H,20,23). The zero-order chi connectivity index (χ0) is 19.9. The Hall–Kier alpha value is -1.64. The van der Waals surface area contributed by atoms with Crippen LogP contribution in [-0.4, -0.2) is 70.9 Å². The molecule has 0 spiro atoms. The maximum absolute atomic E-state index is 12.7. The third-order valence-corrected chi connectivity index (χ3v) is 5.82. The second kappa shape index (κ2) is 10.1. The number of aryl methyl sites for hydroxylation is 1. The Balaban J connectivity index is 1.99. The molecule has 1 amide bonds. The van der Waals surface area contributed by atoms with E-state index in [1.54, 1.807) is 18.2 Å². The average Bonchev–Trinajstić information content (AvgIpc) is 2.62. The zero-order valence-electron chi connectivity index (χ0n) is 16.5. The van der Waals surface area contributed by atoms with Gasteiger partial charge in [0.15, 0.2) is 0 Å². The normalized spacial score (nSPS) is 16.7. The van der Waals surface area contributed by atoms with E-state index in [4.69, 9.17) is 4.74 Å². The molecule has 1 heterocycles. The predicted octanol–water partition coefficient (Wildman–Crippen LogP) is 1.38. The molecule has 0 aromatic heterocycles. The highest BCUT2D eigenvalue weighted by Gasteiger charge is 2.31. The van der Waals surface area contributed by atoms with Crippen molar-refractivity contribution in [2.75, 3.05) is 50.0 Å². The Kier molecular flexibility index (Phi) is 8.07. The van der Waals surface area contributed by atoms with Crippen molar-refractivity contribution in [3.05, 3.63) is 29.8 Å². The lowest BCUT2D eigenvalue weighted by Gasteiger charge is -2.30. The van der Waals surface area contributed by atoms with Gasteiger partial charge in [-0.25, -0.2) is 8.42 Å². The number of anilines is 1. The van der Waals surface area contributed by atoms with Crippen LogP contribution < -0.4 is 9.62 Å². The summed E-state index contributed by atoms with van der Waals surface area (Å²) in [5, 5.41) is 2.91. The van der Waals surface area contributed by atoms with Crippen LogP contribution in [0.25, 0.3) is 0 Å². The van der Waals surface area contributed by atoms with Gasteiger partial charge in [0.05, 0.1) is 25.2 Å². The van der Waals surface area contributed by atoms with Crippen LogP contribution in [0, 0.1) is 6.92 Å². The lowest BCUT2D eigenvalue weighted by atomic mass is 10.1. The summed E-state index contributed by atoms with van der Waals surface area (Å²) < 4.78 is 31.4. The number of ether oxygens (including phenoxy) is 1. The number of benzene rings is 1. The van der Waals surface area contributed by atoms with Gasteiger partial charge < -0.3 is 10.1 Å². The first-order valence-electron chi connectivity index (χ1n) is 9.47. The largest absolute Gasteiger partial charge is 0.379 e. The minimum Gasteiger partial charge on any atom is -0.379 e. The maximum Gasteiger partial charge on any atom is 0.243 e. The van der Waals surface area contributed by atoms with E-state index < -0.39 is 16.1 Å². The number of sulfonamides is 1. The van der Waals surface area contributed by atoms with Crippen LogP contribution in [0.15, 0.2) is 24.3 Å². The average molecular weight is 398 g/mol. The first-order chi connectivity index (χ1) is 12.8. The van der Waals surface area contributed by atoms with Crippen LogP contribution in [-0.2, 0) is 19.6 Å². The van der Waals surface area contributed by atoms with Gasteiger partial charge in [0.2, 0.25) is 15.9 Å². The van der Waals surface area contributed by atoms with E-state index in [-0.39, 0.29) is 5.91 Å². The minimum absolute atomic E-state index is 0.258. The summed E-state index contributed by atoms with van der Waals surface area (Å²) in [5.41, 5.74) is 1.47. The molecule has 27 heavy (non-hydrogen) atoms. The van der Waals surface area contributed by atoms with Crippen molar-refractivity contribution < 1.29 is 17.9 Å². The number of morpholine rings is 1. The molecule has 0 bridgehead atoms. The van der Waals surface area contributed by atoms with E-state index in [2.05, 4.69) is 10.2 Å². The molecule has 1 aromatic carbocycles. The number of hydrogen-bond donors (Lipinski definition) is 1. The quantitative estimate of drug-likeness (QED) is 0.637. The van der Waals surface area contributed by atoms with Crippen molar-refractivity contribution in [1.82, 2.24) is 10.2 Å². The zero-order valence-corrected chi connectivity index (χ0v) is 17.3. The number of amides is 1. The van der Waals surface area contributed by atoms with Gasteiger partial charge in [-0.2, -0.15) is 0 Å². The molecule has 1 aromatic rings. The molecule has 0 radical (unpaired) electrons. The summed E-state index contributed by atoms with van der Waals surface area (Å²) in [6.07, 6.45) is 2.37. The Morgan fingerprint density at radius 2 is 2.04 bits per heavy atom. The Bertz CT molecular complexity index is 717. The smallest absolute Gasteiger partial charge is 0.243 e. The van der Waals surface area contributed by atoms with E-state index in [0.29, 0.717) is 18.7 Å². The number of rotatable bonds is 9. The van der Waals surface area contributed by atoms with Gasteiger partial charge >= 0.3 is 0 Å². The first kappa shape index (κ1) is 21.7. The van der Waals surface area contributed by atoms with Gasteiger partial charge in [0.1, 0.15) is 6.04 Å². The number of nitrogens with one attached hydrogen (secondary N) is 1. The van der Waals surface area contributed by atoms with Gasteiger partial charge in [-0.3, -0.25) is 14.0 Å². The van der Waals surface area contributed by atoms with Crippen LogP contribution in [0.3, 0.4) is 0 Å². The lowest BCUT2D eigenvalue weighted by molar-refractivity contribution is -0.122. The molecule has 2 rings (SSSR count). The fourth-order valence-electron chi connectivity index (χ4n) is 3.28. The van der Waals surface area contributed by atoms with E-state index >= 15 is 0 Å². The molecular weight excluding hydrogens is 366 g/mol. The van der Waals surface area contributed by atoms with Gasteiger partial charge in [-0.1, -0.05) is 19.1 Å². The van der Waals surface area contributed by atoms with Gasteiger partial charge in [-0.15, -0.1) is 0 Å². The first-order valence-corrected chi connectivity index (χ1v) is 11.3. The summed E-state index contributed by atoms with van der Waals surface area (Å²) in [5.74, 6) is -0.258. The van der Waals surface area contributed by atoms with Crippen LogP contribution >= 0.6 is 0 Å². The highest BCUT2D eigenvalue weighted by Crippen LogP contribution is 2.23. The fourth-order valence-corrected chi connectivity index (χ4v) is 4.49. The van der Waals surface area contributed by atoms with Crippen molar-refractivity contribution in [1.29, 1.82) is 0 Å². The molecule has 0 aliphatic carbocycles. The van der Waals surface area contributed by atoms with Gasteiger partial charge in [0, 0.05) is 19.6 Å². The third kappa shape index (κ3) is 6.48. The highest BCUT2D eigenvalue weighted by atomic mass is 32.2. The monoisotopic (exact) mass is 397 g/mol. The summed E-state index contributed by atoms with van der Waals surface area (Å²) in [4.78, 5) is 15.0. The highest BCUT2D eigenvalue weighted by molar-refractivity contribution is 7.92. The number of carbonyl (C=O) groups excluding carboxylic acids is 1. The van der Waals surface area contributed by atoms with E-state index in [1.165, 1.54) is 4.31 Å². The number of nitrogens with zero attached hydrogens (tertiary/aromatic N) is 2. The molecule has 1 aliphatic heterocycles. The molecule has 1 unspecified atom stereocenters. The molecule has 1 fully saturated rings. The number of hydrogen-bond acceptors (Lipinski definition) is 5. The molecule has 0 saturated carbocycles. The predicted molar refractivity (Wildman–Crippen MR) is 107 cm³/mol. The summed E-state index contributed by atoms with van der Waals surface area (Å²) in [6.45, 7) is 8.49. The van der Waals surface area contributed by atoms with Gasteiger partial charge in [0.25, 0.3) is 0 Å². The topological polar surface area (TPSA) is 79.0 Å². The summed E-state index contributed by atoms with van der Waals surface area (Å²) in [7, 11) is -3.59. The van der Waals surface area contributed by atoms with Gasteiger partial charge in [-0.05, 0) is 44.0 Å². The lowest BCUT2D eigenvalue weighted by Crippen LogP contribution is -2.49. The molecule has 1 atom stereocenters. The Morgan fingerprint density at radius 3 is 2.63 bits per heavy atom. The van der Waals surface area contributed by atoms with Crippen LogP contribution in [0.1, 0.15) is 25.3 Å². The third-order valence-electron chi connectivity index (χ3n) is 4.64. The Morgan fingerprint density at radius 1 is 1.33 bits per heavy atom. The SMILES string of the molecule is CCC(C(=O)NCCCN1CCOCC1)N(c1cccc(C)c1)S(C)(=O)=O. The van der Waals surface area contributed by atoms with Crippen molar-refractivity contribution >= 4 is 21.6 Å². The van der Waals surface area contributed by atoms with Crippen LogP contribution in [0.5, 0.6) is 0 Å². The van der Waals surface area contributed by atoms with Crippen LogP contribution in [0.4, 0.5) is 5.69 Å². The van der Waals surface area contributed by atoms with Crippen molar-refractivity contribution in [3.8, 4) is 0 Å². The second-order valence-electron chi connectivity index (χ2n) is 6.92. The van der Waals surface area contributed by atoms with Crippen molar-refractivity contribution in [3.63, 3.8) is 0 Å². The minimum atomic E-state index is -3.59. The van der Waals surface area contributed by atoms with Crippen molar-refractivity contribution in [2.24, 2.45) is 0 Å². The van der Waals surface area contributed by atoms with E-state index in [9.17, 15) is 13.2 Å². The molecule has 8 heteroatoms. The number of carbonyl (C=O) groups is 1. The van der Waals surface area contributed by atoms with Crippen LogP contribution in [0.2, 0.25) is 0 Å². The second-order valence-corrected chi connectivity index (χ2v) is 8.78. The van der Waals surface area contributed by atoms with Crippen molar-refractivity contribution in [2.45, 2.75) is 32.7 Å². The fraction of sp³-hybridized carbons (Fsp3) is 0.632. The van der Waals surface area contributed by atoms with E-state index in [0.717, 1.165) is 51.1 Å². The summed E-state index contributed by atoms with van der Waals surface area (Å²) >= 11 is 0. The molecule has 1 saturated heterocycles. The Labute approximate surface area is 162 Å². The van der Waals surface area contributed by atoms with E-state index in [1.807, 2.05) is 19.9 Å². The molecule has 152 valence electrons. The maximum atomic E-state index is 12.7. The molecular formula is C19H31N3O4S. The summed E-state index contributed by atoms with van der Waals surface area (Å²) in [6, 6.07) is 6.45. The molecule has 1 N–H and O–H groups in total.